The number of nitrogens with two attached hydrogens (primary N) is 1. The Kier molecular flexibility index (Phi) is 6.78. The summed E-state index contributed by atoms with van der Waals surface area (Å²) in [7, 11) is 0. The van der Waals surface area contributed by atoms with Crippen molar-refractivity contribution in [3.8, 4) is 11.3 Å². The smallest absolute Gasteiger partial charge is 0.189 e. The number of nitrogens with one attached hydrogen (secondary N) is 1. The fourth-order valence-corrected chi connectivity index (χ4v) is 1.52. The Balaban J connectivity index is 0.00000200. The first kappa shape index (κ1) is 16.2. The van der Waals surface area contributed by atoms with Gasteiger partial charge in [-0.25, -0.2) is 4.99 Å². The van der Waals surface area contributed by atoms with Gasteiger partial charge in [0.2, 0.25) is 0 Å². The number of benzene rings is 1. The highest BCUT2D eigenvalue weighted by atomic mass is 127. The van der Waals surface area contributed by atoms with Crippen LogP contribution >= 0.6 is 24.0 Å². The van der Waals surface area contributed by atoms with Crippen LogP contribution in [0.15, 0.2) is 58.6 Å². The molecule has 1 heterocycles. The highest BCUT2D eigenvalue weighted by Crippen LogP contribution is 2.19. The van der Waals surface area contributed by atoms with Crippen LogP contribution in [0.1, 0.15) is 5.69 Å². The molecule has 3 N–H and O–H groups in total. The van der Waals surface area contributed by atoms with Crippen LogP contribution in [-0.2, 0) is 6.54 Å². The van der Waals surface area contributed by atoms with E-state index in [1.807, 2.05) is 36.4 Å². The fourth-order valence-electron chi connectivity index (χ4n) is 1.52. The van der Waals surface area contributed by atoms with Gasteiger partial charge in [0.15, 0.2) is 11.7 Å². The first-order valence-corrected chi connectivity index (χ1v) is 5.95. The molecule has 0 amide bonds. The third-order valence-electron chi connectivity index (χ3n) is 2.46. The van der Waals surface area contributed by atoms with E-state index in [4.69, 9.17) is 10.3 Å². The normalized spacial score (nSPS) is 10.7. The van der Waals surface area contributed by atoms with Gasteiger partial charge in [-0.15, -0.1) is 30.6 Å². The summed E-state index contributed by atoms with van der Waals surface area (Å²) in [5, 5.41) is 6.85. The van der Waals surface area contributed by atoms with Crippen molar-refractivity contribution in [3.63, 3.8) is 0 Å². The largest absolute Gasteiger partial charge is 0.370 e. The highest BCUT2D eigenvalue weighted by molar-refractivity contribution is 14.0. The van der Waals surface area contributed by atoms with Crippen LogP contribution in [0.3, 0.4) is 0 Å². The van der Waals surface area contributed by atoms with Crippen molar-refractivity contribution >= 4 is 29.9 Å². The molecule has 0 saturated heterocycles. The number of halogens is 1. The van der Waals surface area contributed by atoms with Gasteiger partial charge in [0.05, 0.1) is 6.54 Å². The molecule has 1 aromatic heterocycles. The molecule has 0 radical (unpaired) electrons. The minimum absolute atomic E-state index is 0. The quantitative estimate of drug-likeness (QED) is 0.360. The van der Waals surface area contributed by atoms with Gasteiger partial charge in [0.25, 0.3) is 0 Å². The van der Waals surface area contributed by atoms with E-state index in [0.29, 0.717) is 19.0 Å². The molecule has 2 aromatic rings. The third-order valence-corrected chi connectivity index (χ3v) is 2.46. The Morgan fingerprint density at radius 1 is 1.40 bits per heavy atom. The molecule has 0 bridgehead atoms. The van der Waals surface area contributed by atoms with Crippen LogP contribution < -0.4 is 11.1 Å². The lowest BCUT2D eigenvalue weighted by Gasteiger charge is -1.99. The summed E-state index contributed by atoms with van der Waals surface area (Å²) in [4.78, 5) is 4.15. The van der Waals surface area contributed by atoms with Crippen LogP contribution in [0.2, 0.25) is 0 Å². The molecule has 0 aliphatic carbocycles. The van der Waals surface area contributed by atoms with Gasteiger partial charge in [-0.1, -0.05) is 41.6 Å². The van der Waals surface area contributed by atoms with Gasteiger partial charge in [0.1, 0.15) is 5.69 Å². The minimum atomic E-state index is 0. The van der Waals surface area contributed by atoms with E-state index in [2.05, 4.69) is 22.0 Å². The number of rotatable bonds is 5. The summed E-state index contributed by atoms with van der Waals surface area (Å²) in [6, 6.07) is 11.7. The highest BCUT2D eigenvalue weighted by Gasteiger charge is 2.05. The lowest BCUT2D eigenvalue weighted by Crippen LogP contribution is -2.31. The number of aliphatic imine (C=N–C) groups is 1. The zero-order valence-corrected chi connectivity index (χ0v) is 13.3. The van der Waals surface area contributed by atoms with Crippen molar-refractivity contribution in [1.82, 2.24) is 10.5 Å². The number of aromatic nitrogens is 1. The van der Waals surface area contributed by atoms with Gasteiger partial charge in [-0.3, -0.25) is 0 Å². The number of guanidine groups is 1. The maximum Gasteiger partial charge on any atom is 0.189 e. The number of hydrogen-bond donors (Lipinski definition) is 2. The number of nitrogens with zero attached hydrogens (tertiary/aromatic N) is 2. The third kappa shape index (κ3) is 4.69. The van der Waals surface area contributed by atoms with Gasteiger partial charge in [-0.2, -0.15) is 0 Å². The van der Waals surface area contributed by atoms with Crippen LogP contribution in [-0.4, -0.2) is 17.7 Å². The molecule has 6 heteroatoms. The lowest BCUT2D eigenvalue weighted by molar-refractivity contribution is 0.424. The summed E-state index contributed by atoms with van der Waals surface area (Å²) in [5.41, 5.74) is 7.39. The van der Waals surface area contributed by atoms with E-state index in [-0.39, 0.29) is 24.0 Å². The fraction of sp³-hybridized carbons (Fsp3) is 0.143. The average Bonchev–Trinajstić information content (AvgIpc) is 2.93. The maximum atomic E-state index is 5.66. The molecule has 0 aliphatic heterocycles. The van der Waals surface area contributed by atoms with Crippen molar-refractivity contribution in [2.45, 2.75) is 6.54 Å². The number of hydrogen-bond acceptors (Lipinski definition) is 3. The molecule has 5 nitrogen and oxygen atoms in total. The monoisotopic (exact) mass is 384 g/mol. The minimum Gasteiger partial charge on any atom is -0.370 e. The molecule has 0 spiro atoms. The molecule has 0 unspecified atom stereocenters. The van der Waals surface area contributed by atoms with Crippen LogP contribution in [0.25, 0.3) is 11.3 Å². The molecule has 0 saturated carbocycles. The zero-order chi connectivity index (χ0) is 13.5. The van der Waals surface area contributed by atoms with E-state index in [0.717, 1.165) is 17.0 Å². The maximum absolute atomic E-state index is 5.66. The average molecular weight is 384 g/mol. The van der Waals surface area contributed by atoms with Crippen molar-refractivity contribution in [1.29, 1.82) is 0 Å². The molecular weight excluding hydrogens is 367 g/mol. The van der Waals surface area contributed by atoms with Crippen molar-refractivity contribution in [3.05, 3.63) is 54.7 Å². The second kappa shape index (κ2) is 8.36. The molecule has 0 atom stereocenters. The molecule has 0 aliphatic rings. The second-order valence-corrected chi connectivity index (χ2v) is 3.92. The first-order valence-electron chi connectivity index (χ1n) is 5.95. The van der Waals surface area contributed by atoms with E-state index in [1.54, 1.807) is 6.08 Å². The molecule has 106 valence electrons. The van der Waals surface area contributed by atoms with Crippen molar-refractivity contribution in [2.24, 2.45) is 10.7 Å². The summed E-state index contributed by atoms with van der Waals surface area (Å²) >= 11 is 0. The molecule has 0 fully saturated rings. The van der Waals surface area contributed by atoms with Crippen LogP contribution in [0.5, 0.6) is 0 Å². The summed E-state index contributed by atoms with van der Waals surface area (Å²) in [6.07, 6.45) is 1.71. The van der Waals surface area contributed by atoms with Gasteiger partial charge in [0, 0.05) is 18.2 Å². The summed E-state index contributed by atoms with van der Waals surface area (Å²) in [6.45, 7) is 4.56. The van der Waals surface area contributed by atoms with Crippen molar-refractivity contribution < 1.29 is 4.52 Å². The molecule has 20 heavy (non-hydrogen) atoms. The zero-order valence-electron chi connectivity index (χ0n) is 11.0. The molecule has 2 rings (SSSR count). The van der Waals surface area contributed by atoms with E-state index < -0.39 is 0 Å². The predicted octanol–water partition coefficient (Wildman–Crippen LogP) is 2.55. The topological polar surface area (TPSA) is 76.4 Å². The van der Waals surface area contributed by atoms with Gasteiger partial charge >= 0.3 is 0 Å². The standard InChI is InChI=1S/C14H16N4O.HI/c1-2-8-16-14(15)17-10-12-9-13(19-18-12)11-6-4-3-5-7-11;/h2-7,9H,1,8,10H2,(H3,15,16,17);1H. The first-order chi connectivity index (χ1) is 9.29. The second-order valence-electron chi connectivity index (χ2n) is 3.92. The van der Waals surface area contributed by atoms with Gasteiger partial charge < -0.3 is 15.6 Å². The Morgan fingerprint density at radius 3 is 2.85 bits per heavy atom. The van der Waals surface area contributed by atoms with Crippen LogP contribution in [0, 0.1) is 0 Å². The Bertz CT molecular complexity index is 566. The lowest BCUT2D eigenvalue weighted by atomic mass is 10.2. The Hall–Kier alpha value is -1.83. The van der Waals surface area contributed by atoms with E-state index in [1.165, 1.54) is 0 Å². The Labute approximate surface area is 135 Å². The predicted molar refractivity (Wildman–Crippen MR) is 90.9 cm³/mol. The van der Waals surface area contributed by atoms with E-state index in [9.17, 15) is 0 Å². The summed E-state index contributed by atoms with van der Waals surface area (Å²) in [5.74, 6) is 1.09. The summed E-state index contributed by atoms with van der Waals surface area (Å²) < 4.78 is 5.27. The Morgan fingerprint density at radius 2 is 2.15 bits per heavy atom. The molecule has 1 aromatic carbocycles. The van der Waals surface area contributed by atoms with Gasteiger partial charge in [-0.05, 0) is 0 Å². The SMILES string of the molecule is C=CCNC(N)=NCc1cc(-c2ccccc2)on1.I. The molecular formula is C14H17IN4O. The van der Waals surface area contributed by atoms with E-state index >= 15 is 0 Å². The van der Waals surface area contributed by atoms with Crippen molar-refractivity contribution in [2.75, 3.05) is 6.54 Å². The van der Waals surface area contributed by atoms with Crippen LogP contribution in [0.4, 0.5) is 0 Å².